The molecule has 3 aliphatic heterocycles. The van der Waals surface area contributed by atoms with Crippen LogP contribution in [0.3, 0.4) is 0 Å². The van der Waals surface area contributed by atoms with Crippen LogP contribution in [0, 0.1) is 25.2 Å². The summed E-state index contributed by atoms with van der Waals surface area (Å²) < 4.78 is 35.3. The van der Waals surface area contributed by atoms with E-state index in [1.165, 1.54) is 30.3 Å². The van der Waals surface area contributed by atoms with Gasteiger partial charge < -0.3 is 4.74 Å². The number of benzene rings is 3. The predicted molar refractivity (Wildman–Crippen MR) is 162 cm³/mol. The van der Waals surface area contributed by atoms with Crippen molar-refractivity contribution in [3.05, 3.63) is 134 Å². The fraction of sp³-hybridized carbons (Fsp3) is 0.114. The van der Waals surface area contributed by atoms with Gasteiger partial charge >= 0.3 is 0 Å². The summed E-state index contributed by atoms with van der Waals surface area (Å²) in [4.78, 5) is 36.1. The molecule has 0 spiro atoms. The molecule has 1 aliphatic carbocycles. The van der Waals surface area contributed by atoms with Crippen LogP contribution in [0.5, 0.6) is 11.5 Å². The first-order chi connectivity index (χ1) is 21.7. The largest absolute Gasteiger partial charge is 0.454 e. The first-order valence-corrected chi connectivity index (χ1v) is 15.7. The van der Waals surface area contributed by atoms with Gasteiger partial charge in [-0.05, 0) is 67.4 Å². The molecule has 8 rings (SSSR count). The topological polar surface area (TPSA) is 131 Å². The summed E-state index contributed by atoms with van der Waals surface area (Å²) in [7, 11) is -4.10. The van der Waals surface area contributed by atoms with E-state index >= 15 is 0 Å². The van der Waals surface area contributed by atoms with Crippen LogP contribution in [-0.2, 0) is 9.84 Å². The minimum absolute atomic E-state index is 0.0108. The number of hydrogen-bond donors (Lipinski definition) is 0. The maximum absolute atomic E-state index is 13.9. The van der Waals surface area contributed by atoms with Crippen LogP contribution in [0.4, 0.5) is 0 Å². The molecule has 0 N–H and O–H groups in total. The van der Waals surface area contributed by atoms with Crippen molar-refractivity contribution in [1.82, 2.24) is 4.57 Å². The Bertz CT molecular complexity index is 2520. The third-order valence-electron chi connectivity index (χ3n) is 8.47. The third kappa shape index (κ3) is 3.87. The molecule has 3 aromatic carbocycles. The highest BCUT2D eigenvalue weighted by Crippen LogP contribution is 2.36. The van der Waals surface area contributed by atoms with E-state index in [1.807, 2.05) is 55.5 Å². The van der Waals surface area contributed by atoms with E-state index in [1.54, 1.807) is 17.6 Å². The number of sulfone groups is 1. The predicted octanol–water partition coefficient (Wildman–Crippen LogP) is 3.70. The lowest BCUT2D eigenvalue weighted by Crippen LogP contribution is -2.46. The Balaban J connectivity index is 1.35. The molecule has 45 heavy (non-hydrogen) atoms. The van der Waals surface area contributed by atoms with E-state index in [9.17, 15) is 23.3 Å². The molecule has 1 amide bonds. The summed E-state index contributed by atoms with van der Waals surface area (Å²) in [6.45, 7) is 3.68. The summed E-state index contributed by atoms with van der Waals surface area (Å²) in [5, 5.41) is 11.1. The molecule has 0 radical (unpaired) electrons. The minimum Gasteiger partial charge on any atom is -0.454 e. The third-order valence-corrected chi connectivity index (χ3v) is 10.3. The van der Waals surface area contributed by atoms with Crippen LogP contribution in [0.25, 0.3) is 6.08 Å². The summed E-state index contributed by atoms with van der Waals surface area (Å²) in [6, 6.07) is 15.9. The van der Waals surface area contributed by atoms with Crippen LogP contribution < -0.4 is 20.9 Å². The van der Waals surface area contributed by atoms with Gasteiger partial charge in [0.25, 0.3) is 5.91 Å². The number of carbonyl (C=O) groups is 2. The molecule has 2 atom stereocenters. The molecule has 9 nitrogen and oxygen atoms in total. The summed E-state index contributed by atoms with van der Waals surface area (Å²) >= 11 is 0. The number of fused-ring (bicyclic) bond motifs is 8. The van der Waals surface area contributed by atoms with Crippen molar-refractivity contribution in [2.24, 2.45) is 9.98 Å². The van der Waals surface area contributed by atoms with Gasteiger partial charge in [0.1, 0.15) is 22.9 Å². The number of nitrogens with zero attached hydrogens (tertiary/aromatic N) is 4. The molecule has 10 heteroatoms. The smallest absolute Gasteiger partial charge is 0.279 e. The highest BCUT2D eigenvalue weighted by Gasteiger charge is 2.36. The van der Waals surface area contributed by atoms with Crippen molar-refractivity contribution in [2.75, 3.05) is 0 Å². The number of aromatic nitrogens is 1. The van der Waals surface area contributed by atoms with Gasteiger partial charge in [-0.15, -0.1) is 0 Å². The van der Waals surface area contributed by atoms with Gasteiger partial charge in [0.15, 0.2) is 17.0 Å². The Morgan fingerprint density at radius 1 is 0.978 bits per heavy atom. The normalized spacial score (nSPS) is 19.4. The number of aryl methyl sites for hydroxylation is 2. The molecule has 0 bridgehead atoms. The van der Waals surface area contributed by atoms with Crippen molar-refractivity contribution >= 4 is 27.6 Å². The molecular formula is C35H22N4O5S. The summed E-state index contributed by atoms with van der Waals surface area (Å²) in [6.07, 6.45) is 9.56. The lowest BCUT2D eigenvalue weighted by Gasteiger charge is -2.21. The van der Waals surface area contributed by atoms with E-state index in [2.05, 4.69) is 11.1 Å². The van der Waals surface area contributed by atoms with E-state index in [0.717, 1.165) is 11.1 Å². The second-order valence-corrected chi connectivity index (χ2v) is 13.3. The number of carbonyl (C=O) groups excluding carboxylic acids is 2. The number of hydrogen-bond acceptors (Lipinski definition) is 7. The number of amides is 1. The molecule has 0 saturated carbocycles. The summed E-state index contributed by atoms with van der Waals surface area (Å²) in [5.41, 5.74) is 3.15. The summed E-state index contributed by atoms with van der Waals surface area (Å²) in [5.74, 6) is -0.406. The number of nitriles is 1. The van der Waals surface area contributed by atoms with Crippen molar-refractivity contribution < 1.29 is 22.7 Å². The van der Waals surface area contributed by atoms with Crippen LogP contribution in [0.15, 0.2) is 98.7 Å². The number of ketones is 1. The number of rotatable bonds is 1. The second kappa shape index (κ2) is 9.42. The van der Waals surface area contributed by atoms with E-state index in [4.69, 9.17) is 9.73 Å². The zero-order valence-electron chi connectivity index (χ0n) is 24.0. The Kier molecular flexibility index (Phi) is 5.64. The minimum atomic E-state index is -4.10. The highest BCUT2D eigenvalue weighted by atomic mass is 32.2. The van der Waals surface area contributed by atoms with Crippen LogP contribution in [0.1, 0.15) is 54.6 Å². The van der Waals surface area contributed by atoms with Crippen LogP contribution in [-0.4, -0.2) is 30.7 Å². The molecule has 2 unspecified atom stereocenters. The molecule has 4 aliphatic rings. The van der Waals surface area contributed by atoms with Crippen molar-refractivity contribution in [3.63, 3.8) is 0 Å². The Morgan fingerprint density at radius 3 is 2.49 bits per heavy atom. The molecule has 1 aromatic heterocycles. The van der Waals surface area contributed by atoms with Gasteiger partial charge in [-0.1, -0.05) is 42.5 Å². The van der Waals surface area contributed by atoms with E-state index < -0.39 is 21.5 Å². The quantitative estimate of drug-likeness (QED) is 0.279. The van der Waals surface area contributed by atoms with E-state index in [0.29, 0.717) is 22.0 Å². The first-order valence-electron chi connectivity index (χ1n) is 14.2. The molecule has 4 aromatic rings. The number of pyridine rings is 1. The van der Waals surface area contributed by atoms with E-state index in [-0.39, 0.29) is 55.4 Å². The number of ether oxygens (including phenoxy) is 1. The second-order valence-electron chi connectivity index (χ2n) is 11.4. The Morgan fingerprint density at radius 2 is 1.69 bits per heavy atom. The maximum atomic E-state index is 13.9. The van der Waals surface area contributed by atoms with Gasteiger partial charge in [-0.3, -0.25) is 19.1 Å². The van der Waals surface area contributed by atoms with Crippen molar-refractivity contribution in [3.8, 4) is 17.6 Å². The lowest BCUT2D eigenvalue weighted by atomic mass is 10.00. The fourth-order valence-electron chi connectivity index (χ4n) is 6.28. The zero-order valence-corrected chi connectivity index (χ0v) is 24.8. The standard InChI is InChI=1S/C35H22N4O5S/c1-18-7-9-20-15-24-32(44-28(20)13-18)25(17-36)34(39-27-6-4-3-5-26(27)37-33(24)39)38-35(41)21-10-12-23-30(16-21)45(42,43)29-14-19(2)8-11-22(29)31(23)40/h3-16,26-27H,1-2H3. The lowest BCUT2D eigenvalue weighted by molar-refractivity contribution is 0.0992. The average molecular weight is 611 g/mol. The van der Waals surface area contributed by atoms with Crippen LogP contribution >= 0.6 is 0 Å². The van der Waals surface area contributed by atoms with Gasteiger partial charge in [0, 0.05) is 22.3 Å². The van der Waals surface area contributed by atoms with Gasteiger partial charge in [0.2, 0.25) is 9.84 Å². The molecule has 218 valence electrons. The average Bonchev–Trinajstić information content (AvgIpc) is 3.43. The van der Waals surface area contributed by atoms with Gasteiger partial charge in [-0.2, -0.15) is 10.3 Å². The molecule has 0 saturated heterocycles. The Hall–Kier alpha value is -5.66. The molecule has 0 fully saturated rings. The number of allylic oxidation sites excluding steroid dienone is 2. The SMILES string of the molecule is Cc1ccc2c(c1)Oc1c(C#N)c(=NC(=O)c3ccc4c(c3)S(=O)(=O)c3cc(C)ccc3C4=O)n3c(c1=C2)=NC1C=CC=CC13. The Labute approximate surface area is 257 Å². The molecule has 4 heterocycles. The maximum Gasteiger partial charge on any atom is 0.279 e. The highest BCUT2D eigenvalue weighted by molar-refractivity contribution is 7.91. The van der Waals surface area contributed by atoms with Crippen molar-refractivity contribution in [2.45, 2.75) is 35.7 Å². The molecular weight excluding hydrogens is 588 g/mol. The van der Waals surface area contributed by atoms with Crippen LogP contribution in [0.2, 0.25) is 0 Å². The van der Waals surface area contributed by atoms with Crippen molar-refractivity contribution in [1.29, 1.82) is 5.26 Å². The zero-order chi connectivity index (χ0) is 31.2. The fourth-order valence-corrected chi connectivity index (χ4v) is 8.04. The monoisotopic (exact) mass is 610 g/mol. The van der Waals surface area contributed by atoms with Gasteiger partial charge in [-0.25, -0.2) is 8.42 Å². The van der Waals surface area contributed by atoms with Gasteiger partial charge in [0.05, 0.1) is 27.1 Å². The first kappa shape index (κ1) is 26.9.